The van der Waals surface area contributed by atoms with E-state index in [4.69, 9.17) is 11.0 Å². The predicted octanol–water partition coefficient (Wildman–Crippen LogP) is 1.62. The van der Waals surface area contributed by atoms with E-state index in [1.165, 1.54) is 0 Å². The lowest BCUT2D eigenvalue weighted by Gasteiger charge is -2.06. The van der Waals surface area contributed by atoms with E-state index in [0.29, 0.717) is 16.9 Å². The number of hydrogen-bond acceptors (Lipinski definition) is 4. The van der Waals surface area contributed by atoms with Gasteiger partial charge in [0.2, 0.25) is 0 Å². The monoisotopic (exact) mass is 213 g/mol. The summed E-state index contributed by atoms with van der Waals surface area (Å²) >= 11 is 0. The first-order valence-electron chi connectivity index (χ1n) is 4.74. The maximum absolute atomic E-state index is 8.79. The van der Waals surface area contributed by atoms with Crippen LogP contribution in [0.2, 0.25) is 0 Å². The van der Waals surface area contributed by atoms with Gasteiger partial charge in [0.25, 0.3) is 0 Å². The van der Waals surface area contributed by atoms with Crippen LogP contribution in [0.1, 0.15) is 5.56 Å². The molecule has 0 radical (unpaired) electrons. The van der Waals surface area contributed by atoms with E-state index in [2.05, 4.69) is 16.5 Å². The lowest BCUT2D eigenvalue weighted by molar-refractivity contribution is 0.768. The number of nitriles is 1. The predicted molar refractivity (Wildman–Crippen MR) is 62.1 cm³/mol. The molecule has 16 heavy (non-hydrogen) atoms. The molecular formula is C11H11N5. The van der Waals surface area contributed by atoms with Crippen molar-refractivity contribution in [2.24, 2.45) is 7.05 Å². The third-order valence-electron chi connectivity index (χ3n) is 2.17. The summed E-state index contributed by atoms with van der Waals surface area (Å²) in [7, 11) is 1.83. The smallest absolute Gasteiger partial charge is 0.0992 e. The average Bonchev–Trinajstić information content (AvgIpc) is 2.67. The standard InChI is InChI=1S/C11H11N5/c1-16-7-9(6-14-16)15-11-4-8(5-12)2-3-10(11)13/h2-4,6-7,15H,13H2,1H3. The Labute approximate surface area is 93.1 Å². The Balaban J connectivity index is 2.30. The zero-order valence-corrected chi connectivity index (χ0v) is 8.81. The van der Waals surface area contributed by atoms with Crippen LogP contribution in [0.4, 0.5) is 17.1 Å². The zero-order valence-electron chi connectivity index (χ0n) is 8.81. The molecule has 0 spiro atoms. The van der Waals surface area contributed by atoms with Gasteiger partial charge in [-0.3, -0.25) is 4.68 Å². The number of aromatic nitrogens is 2. The van der Waals surface area contributed by atoms with Crippen LogP contribution in [0.25, 0.3) is 0 Å². The van der Waals surface area contributed by atoms with Gasteiger partial charge in [0.15, 0.2) is 0 Å². The van der Waals surface area contributed by atoms with Crippen molar-refractivity contribution in [3.8, 4) is 6.07 Å². The van der Waals surface area contributed by atoms with Crippen LogP contribution in [-0.2, 0) is 7.05 Å². The quantitative estimate of drug-likeness (QED) is 0.743. The van der Waals surface area contributed by atoms with Crippen LogP contribution in [0, 0.1) is 11.3 Å². The molecule has 2 rings (SSSR count). The number of nitrogen functional groups attached to an aromatic ring is 1. The van der Waals surface area contributed by atoms with Crippen LogP contribution < -0.4 is 11.1 Å². The van der Waals surface area contributed by atoms with E-state index < -0.39 is 0 Å². The van der Waals surface area contributed by atoms with E-state index in [0.717, 1.165) is 5.69 Å². The maximum Gasteiger partial charge on any atom is 0.0992 e. The summed E-state index contributed by atoms with van der Waals surface area (Å²) in [6.45, 7) is 0. The Morgan fingerprint density at radius 1 is 1.50 bits per heavy atom. The van der Waals surface area contributed by atoms with Gasteiger partial charge in [-0.15, -0.1) is 0 Å². The molecule has 2 aromatic rings. The van der Waals surface area contributed by atoms with Crippen LogP contribution in [-0.4, -0.2) is 9.78 Å². The molecule has 0 fully saturated rings. The Morgan fingerprint density at radius 2 is 2.31 bits per heavy atom. The molecule has 1 heterocycles. The van der Waals surface area contributed by atoms with Crippen molar-refractivity contribution < 1.29 is 0 Å². The van der Waals surface area contributed by atoms with Gasteiger partial charge in [-0.1, -0.05) is 0 Å². The van der Waals surface area contributed by atoms with E-state index in [1.54, 1.807) is 29.1 Å². The van der Waals surface area contributed by atoms with E-state index in [9.17, 15) is 0 Å². The molecule has 1 aromatic carbocycles. The highest BCUT2D eigenvalue weighted by atomic mass is 15.3. The second-order valence-electron chi connectivity index (χ2n) is 3.44. The molecule has 1 aromatic heterocycles. The van der Waals surface area contributed by atoms with Gasteiger partial charge < -0.3 is 11.1 Å². The summed E-state index contributed by atoms with van der Waals surface area (Å²) in [6, 6.07) is 7.17. The zero-order chi connectivity index (χ0) is 11.5. The molecule has 0 saturated carbocycles. The summed E-state index contributed by atoms with van der Waals surface area (Å²) in [4.78, 5) is 0. The second kappa shape index (κ2) is 3.95. The fourth-order valence-corrected chi connectivity index (χ4v) is 1.38. The number of rotatable bonds is 2. The lowest BCUT2D eigenvalue weighted by atomic mass is 10.2. The van der Waals surface area contributed by atoms with Crippen molar-refractivity contribution in [3.63, 3.8) is 0 Å². The molecule has 0 bridgehead atoms. The number of anilines is 3. The van der Waals surface area contributed by atoms with Crippen molar-refractivity contribution in [1.29, 1.82) is 5.26 Å². The number of aryl methyl sites for hydroxylation is 1. The molecule has 3 N–H and O–H groups in total. The Morgan fingerprint density at radius 3 is 2.94 bits per heavy atom. The van der Waals surface area contributed by atoms with Crippen molar-refractivity contribution in [3.05, 3.63) is 36.2 Å². The van der Waals surface area contributed by atoms with Crippen molar-refractivity contribution in [2.45, 2.75) is 0 Å². The van der Waals surface area contributed by atoms with Crippen LogP contribution >= 0.6 is 0 Å². The minimum Gasteiger partial charge on any atom is -0.397 e. The molecule has 0 amide bonds. The number of benzene rings is 1. The Bertz CT molecular complexity index is 550. The highest BCUT2D eigenvalue weighted by Gasteiger charge is 2.02. The SMILES string of the molecule is Cn1cc(Nc2cc(C#N)ccc2N)cn1. The molecule has 0 atom stereocenters. The normalized spacial score (nSPS) is 9.75. The number of nitrogens with zero attached hydrogens (tertiary/aromatic N) is 3. The largest absolute Gasteiger partial charge is 0.397 e. The van der Waals surface area contributed by atoms with E-state index in [-0.39, 0.29) is 0 Å². The Hall–Kier alpha value is -2.48. The molecule has 0 aliphatic carbocycles. The summed E-state index contributed by atoms with van der Waals surface area (Å²) < 4.78 is 1.69. The van der Waals surface area contributed by atoms with Crippen molar-refractivity contribution in [2.75, 3.05) is 11.1 Å². The molecule has 5 heteroatoms. The highest BCUT2D eigenvalue weighted by molar-refractivity contribution is 5.73. The van der Waals surface area contributed by atoms with Gasteiger partial charge >= 0.3 is 0 Å². The highest BCUT2D eigenvalue weighted by Crippen LogP contribution is 2.23. The molecule has 0 saturated heterocycles. The average molecular weight is 213 g/mol. The fraction of sp³-hybridized carbons (Fsp3) is 0.0909. The second-order valence-corrected chi connectivity index (χ2v) is 3.44. The summed E-state index contributed by atoms with van der Waals surface area (Å²) in [6.07, 6.45) is 3.52. The molecule has 5 nitrogen and oxygen atoms in total. The third-order valence-corrected chi connectivity index (χ3v) is 2.17. The van der Waals surface area contributed by atoms with Crippen LogP contribution in [0.3, 0.4) is 0 Å². The van der Waals surface area contributed by atoms with Crippen molar-refractivity contribution in [1.82, 2.24) is 9.78 Å². The number of hydrogen-bond donors (Lipinski definition) is 2. The minimum atomic E-state index is 0.570. The molecule has 0 unspecified atom stereocenters. The van der Waals surface area contributed by atoms with Gasteiger partial charge in [0.1, 0.15) is 0 Å². The number of nitrogens with two attached hydrogens (primary N) is 1. The van der Waals surface area contributed by atoms with Gasteiger partial charge in [-0.05, 0) is 18.2 Å². The lowest BCUT2D eigenvalue weighted by Crippen LogP contribution is -1.96. The summed E-state index contributed by atoms with van der Waals surface area (Å²) in [5.41, 5.74) is 8.52. The van der Waals surface area contributed by atoms with Crippen molar-refractivity contribution >= 4 is 17.1 Å². The first-order chi connectivity index (χ1) is 7.69. The van der Waals surface area contributed by atoms with Gasteiger partial charge in [-0.2, -0.15) is 10.4 Å². The van der Waals surface area contributed by atoms with Crippen LogP contribution in [0.5, 0.6) is 0 Å². The third kappa shape index (κ3) is 1.96. The Kier molecular flexibility index (Phi) is 2.48. The maximum atomic E-state index is 8.79. The molecule has 80 valence electrons. The van der Waals surface area contributed by atoms with E-state index in [1.807, 2.05) is 13.2 Å². The summed E-state index contributed by atoms with van der Waals surface area (Å²) in [5.74, 6) is 0. The topological polar surface area (TPSA) is 79.7 Å². The first-order valence-corrected chi connectivity index (χ1v) is 4.74. The van der Waals surface area contributed by atoms with Gasteiger partial charge in [0.05, 0.1) is 34.9 Å². The molecular weight excluding hydrogens is 202 g/mol. The van der Waals surface area contributed by atoms with Crippen LogP contribution in [0.15, 0.2) is 30.6 Å². The first kappa shape index (κ1) is 10.1. The van der Waals surface area contributed by atoms with Gasteiger partial charge in [-0.25, -0.2) is 0 Å². The summed E-state index contributed by atoms with van der Waals surface area (Å²) in [5, 5.41) is 15.9. The number of nitrogens with one attached hydrogen (secondary N) is 1. The molecule has 0 aliphatic heterocycles. The fourth-order valence-electron chi connectivity index (χ4n) is 1.38. The minimum absolute atomic E-state index is 0.570. The van der Waals surface area contributed by atoms with E-state index >= 15 is 0 Å². The molecule has 0 aliphatic rings. The van der Waals surface area contributed by atoms with Gasteiger partial charge in [0, 0.05) is 13.2 Å².